The normalized spacial score (nSPS) is 21.0. The van der Waals surface area contributed by atoms with Crippen molar-refractivity contribution in [2.24, 2.45) is 5.92 Å². The van der Waals surface area contributed by atoms with Crippen molar-refractivity contribution in [1.82, 2.24) is 19.4 Å². The number of nitrogens with zero attached hydrogens (tertiary/aromatic N) is 4. The number of carbonyl (C=O) groups excluding carboxylic acids is 1. The summed E-state index contributed by atoms with van der Waals surface area (Å²) in [5, 5.41) is 0. The van der Waals surface area contributed by atoms with Crippen LogP contribution in [0.5, 0.6) is 0 Å². The number of aryl methyl sites for hydroxylation is 2. The highest BCUT2D eigenvalue weighted by Gasteiger charge is 2.28. The Morgan fingerprint density at radius 1 is 1.27 bits per heavy atom. The first-order valence-corrected chi connectivity index (χ1v) is 10.8. The summed E-state index contributed by atoms with van der Waals surface area (Å²) < 4.78 is 2.35. The molecule has 26 heavy (non-hydrogen) atoms. The third-order valence-electron chi connectivity index (χ3n) is 5.98. The minimum atomic E-state index is 0.277. The summed E-state index contributed by atoms with van der Waals surface area (Å²) in [5.74, 6) is 2.67. The number of piperidine rings is 1. The number of carbonyl (C=O) groups is 1. The first-order valence-electron chi connectivity index (χ1n) is 9.88. The Bertz CT molecular complexity index is 749. The average Bonchev–Trinajstić information content (AvgIpc) is 3.25. The highest BCUT2D eigenvalue weighted by molar-refractivity contribution is 7.09. The zero-order valence-electron chi connectivity index (χ0n) is 15.6. The van der Waals surface area contributed by atoms with E-state index in [2.05, 4.69) is 25.6 Å². The lowest BCUT2D eigenvalue weighted by Gasteiger charge is -2.34. The fourth-order valence-electron chi connectivity index (χ4n) is 4.15. The van der Waals surface area contributed by atoms with E-state index in [1.807, 2.05) is 18.6 Å². The number of thiazole rings is 1. The number of rotatable bonds is 6. The van der Waals surface area contributed by atoms with Crippen LogP contribution in [-0.2, 0) is 17.8 Å². The Kier molecular flexibility index (Phi) is 5.38. The lowest BCUT2D eigenvalue weighted by molar-refractivity contribution is -0.132. The molecule has 0 spiro atoms. The number of amides is 1. The van der Waals surface area contributed by atoms with Gasteiger partial charge >= 0.3 is 0 Å². The summed E-state index contributed by atoms with van der Waals surface area (Å²) >= 11 is 1.66. The van der Waals surface area contributed by atoms with Gasteiger partial charge in [0.2, 0.25) is 5.91 Å². The number of hydrogen-bond donors (Lipinski definition) is 0. The molecule has 0 aromatic carbocycles. The van der Waals surface area contributed by atoms with Crippen molar-refractivity contribution >= 4 is 17.2 Å². The molecule has 0 N–H and O–H groups in total. The molecule has 2 fully saturated rings. The van der Waals surface area contributed by atoms with Gasteiger partial charge in [-0.25, -0.2) is 9.97 Å². The fraction of sp³-hybridized carbons (Fsp3) is 0.650. The van der Waals surface area contributed by atoms with Crippen LogP contribution in [0.25, 0.3) is 0 Å². The van der Waals surface area contributed by atoms with Crippen LogP contribution in [0.1, 0.15) is 60.8 Å². The molecule has 1 amide bonds. The Balaban J connectivity index is 1.36. The van der Waals surface area contributed by atoms with Crippen molar-refractivity contribution < 1.29 is 4.79 Å². The molecular formula is C20H28N4OS. The van der Waals surface area contributed by atoms with Gasteiger partial charge < -0.3 is 9.47 Å². The van der Waals surface area contributed by atoms with Crippen molar-refractivity contribution in [1.29, 1.82) is 0 Å². The van der Waals surface area contributed by atoms with Gasteiger partial charge in [0.15, 0.2) is 0 Å². The molecule has 1 atom stereocenters. The van der Waals surface area contributed by atoms with Crippen LogP contribution < -0.4 is 0 Å². The van der Waals surface area contributed by atoms with Gasteiger partial charge in [0.05, 0.1) is 11.2 Å². The van der Waals surface area contributed by atoms with E-state index in [4.69, 9.17) is 0 Å². The lowest BCUT2D eigenvalue weighted by atomic mass is 9.85. The van der Waals surface area contributed by atoms with Crippen LogP contribution >= 0.6 is 11.3 Å². The van der Waals surface area contributed by atoms with Crippen molar-refractivity contribution in [3.05, 3.63) is 34.3 Å². The van der Waals surface area contributed by atoms with Crippen molar-refractivity contribution in [2.45, 2.75) is 64.3 Å². The van der Waals surface area contributed by atoms with Crippen molar-refractivity contribution in [2.75, 3.05) is 13.1 Å². The topological polar surface area (TPSA) is 51.0 Å². The van der Waals surface area contributed by atoms with Crippen LogP contribution in [0.4, 0.5) is 0 Å². The summed E-state index contributed by atoms with van der Waals surface area (Å²) in [7, 11) is 0. The van der Waals surface area contributed by atoms with Crippen LogP contribution in [0, 0.1) is 12.8 Å². The Morgan fingerprint density at radius 2 is 2.15 bits per heavy atom. The Labute approximate surface area is 159 Å². The van der Waals surface area contributed by atoms with Gasteiger partial charge in [0.1, 0.15) is 5.82 Å². The first kappa shape index (κ1) is 17.7. The van der Waals surface area contributed by atoms with Gasteiger partial charge in [-0.2, -0.15) is 0 Å². The smallest absolute Gasteiger partial charge is 0.222 e. The molecule has 6 heteroatoms. The van der Waals surface area contributed by atoms with E-state index in [1.165, 1.54) is 30.0 Å². The highest BCUT2D eigenvalue weighted by atomic mass is 32.1. The average molecular weight is 373 g/mol. The number of hydrogen-bond acceptors (Lipinski definition) is 4. The minimum absolute atomic E-state index is 0.277. The summed E-state index contributed by atoms with van der Waals surface area (Å²) in [5.41, 5.74) is 2.94. The predicted molar refractivity (Wildman–Crippen MR) is 103 cm³/mol. The monoisotopic (exact) mass is 372 g/mol. The molecule has 2 aromatic rings. The maximum absolute atomic E-state index is 12.7. The van der Waals surface area contributed by atoms with Crippen LogP contribution in [0.3, 0.4) is 0 Å². The predicted octanol–water partition coefficient (Wildman–Crippen LogP) is 3.79. The highest BCUT2D eigenvalue weighted by Crippen LogP contribution is 2.31. The molecule has 0 bridgehead atoms. The molecule has 1 aliphatic heterocycles. The van der Waals surface area contributed by atoms with E-state index in [0.717, 1.165) is 50.5 Å². The number of aromatic nitrogens is 3. The zero-order valence-corrected chi connectivity index (χ0v) is 16.4. The summed E-state index contributed by atoms with van der Waals surface area (Å²) in [6.07, 6.45) is 11.8. The standard InChI is InChI=1S/C20H28N4OS/c1-15-18(26-14-22-15)7-8-19(25)23-10-3-6-17(13-23)20-21-9-11-24(20)12-16-4-2-5-16/h9,11,14,16-17H,2-8,10,12-13H2,1H3/t17-/m1/s1. The Hall–Kier alpha value is -1.69. The second-order valence-corrected chi connectivity index (χ2v) is 8.71. The summed E-state index contributed by atoms with van der Waals surface area (Å²) in [6, 6.07) is 0. The molecule has 5 nitrogen and oxygen atoms in total. The van der Waals surface area contributed by atoms with Crippen molar-refractivity contribution in [3.8, 4) is 0 Å². The second-order valence-electron chi connectivity index (χ2n) is 7.77. The fourth-order valence-corrected chi connectivity index (χ4v) is 4.93. The molecule has 2 aromatic heterocycles. The number of likely N-dealkylation sites (tertiary alicyclic amines) is 1. The van der Waals surface area contributed by atoms with Crippen LogP contribution in [-0.4, -0.2) is 38.4 Å². The quantitative estimate of drug-likeness (QED) is 0.775. The molecule has 0 radical (unpaired) electrons. The van der Waals surface area contributed by atoms with Gasteiger partial charge in [0.25, 0.3) is 0 Å². The molecular weight excluding hydrogens is 344 g/mol. The lowest BCUT2D eigenvalue weighted by Crippen LogP contribution is -2.40. The van der Waals surface area contributed by atoms with Gasteiger partial charge in [-0.3, -0.25) is 4.79 Å². The molecule has 2 aliphatic rings. The molecule has 1 aliphatic carbocycles. The van der Waals surface area contributed by atoms with Gasteiger partial charge in [-0.1, -0.05) is 6.42 Å². The third kappa shape index (κ3) is 3.85. The second kappa shape index (κ2) is 7.91. The van der Waals surface area contributed by atoms with Gasteiger partial charge in [0, 0.05) is 49.2 Å². The summed E-state index contributed by atoms with van der Waals surface area (Å²) in [4.78, 5) is 25.0. The van der Waals surface area contributed by atoms with Gasteiger partial charge in [-0.15, -0.1) is 11.3 Å². The van der Waals surface area contributed by atoms with E-state index >= 15 is 0 Å². The number of imidazole rings is 1. The molecule has 3 heterocycles. The zero-order chi connectivity index (χ0) is 17.9. The van der Waals surface area contributed by atoms with Crippen molar-refractivity contribution in [3.63, 3.8) is 0 Å². The first-order chi connectivity index (χ1) is 12.7. The Morgan fingerprint density at radius 3 is 2.88 bits per heavy atom. The molecule has 0 unspecified atom stereocenters. The SMILES string of the molecule is Cc1ncsc1CCC(=O)N1CCC[C@@H](c2nccn2CC2CCC2)C1. The van der Waals surface area contributed by atoms with Crippen LogP contribution in [0.2, 0.25) is 0 Å². The third-order valence-corrected chi connectivity index (χ3v) is 6.97. The van der Waals surface area contributed by atoms with E-state index in [1.54, 1.807) is 11.3 Å². The van der Waals surface area contributed by atoms with E-state index in [9.17, 15) is 4.79 Å². The molecule has 140 valence electrons. The largest absolute Gasteiger partial charge is 0.342 e. The summed E-state index contributed by atoms with van der Waals surface area (Å²) in [6.45, 7) is 4.84. The van der Waals surface area contributed by atoms with E-state index in [-0.39, 0.29) is 5.91 Å². The minimum Gasteiger partial charge on any atom is -0.342 e. The van der Waals surface area contributed by atoms with E-state index < -0.39 is 0 Å². The molecule has 1 saturated heterocycles. The maximum Gasteiger partial charge on any atom is 0.222 e. The molecule has 1 saturated carbocycles. The van der Waals surface area contributed by atoms with Gasteiger partial charge in [-0.05, 0) is 44.9 Å². The van der Waals surface area contributed by atoms with E-state index in [0.29, 0.717) is 12.3 Å². The molecule has 4 rings (SSSR count). The maximum atomic E-state index is 12.7. The van der Waals surface area contributed by atoms with Crippen LogP contribution in [0.15, 0.2) is 17.9 Å².